The molecular weight excluding hydrogens is 300 g/mol. The molecule has 1 atom stereocenters. The minimum Gasteiger partial charge on any atom is -0.495 e. The summed E-state index contributed by atoms with van der Waals surface area (Å²) >= 11 is 3.39. The maximum atomic E-state index is 10.6. The van der Waals surface area contributed by atoms with Gasteiger partial charge in [0, 0.05) is 24.1 Å². The molecular formula is C12H17BrN2O3. The molecule has 0 heterocycles. The highest BCUT2D eigenvalue weighted by molar-refractivity contribution is 9.10. The first-order valence-electron chi connectivity index (χ1n) is 5.46. The fourth-order valence-electron chi connectivity index (χ4n) is 1.70. The van der Waals surface area contributed by atoms with Crippen molar-refractivity contribution in [2.45, 2.75) is 12.5 Å². The van der Waals surface area contributed by atoms with Crippen LogP contribution in [0.25, 0.3) is 0 Å². The number of likely N-dealkylation sites (N-methyl/N-ethyl adjacent to an activating group) is 1. The minimum atomic E-state index is -0.892. The fraction of sp³-hybridized carbons (Fsp3) is 0.417. The molecule has 6 heteroatoms. The summed E-state index contributed by atoms with van der Waals surface area (Å²) in [6.07, 6.45) is -0.0549. The van der Waals surface area contributed by atoms with E-state index in [4.69, 9.17) is 15.6 Å². The van der Waals surface area contributed by atoms with E-state index in [2.05, 4.69) is 15.9 Å². The highest BCUT2D eigenvalue weighted by Gasteiger charge is 2.14. The molecule has 0 radical (unpaired) electrons. The van der Waals surface area contributed by atoms with Crippen molar-refractivity contribution in [1.82, 2.24) is 0 Å². The van der Waals surface area contributed by atoms with Gasteiger partial charge in [0.05, 0.1) is 19.2 Å². The van der Waals surface area contributed by atoms with Crippen LogP contribution in [0.2, 0.25) is 0 Å². The molecule has 0 aliphatic carbocycles. The Kier molecular flexibility index (Phi) is 5.43. The van der Waals surface area contributed by atoms with E-state index in [0.717, 1.165) is 15.9 Å². The second kappa shape index (κ2) is 6.61. The SMILES string of the molecule is COc1ccc(Br)cc1N(C)CC(N)CC(=O)O. The number of nitrogens with two attached hydrogens (primary N) is 1. The number of nitrogens with zero attached hydrogens (tertiary/aromatic N) is 1. The van der Waals surface area contributed by atoms with Gasteiger partial charge in [0.1, 0.15) is 5.75 Å². The molecule has 0 aromatic heterocycles. The number of carboxylic acid groups (broad SMARTS) is 1. The quantitative estimate of drug-likeness (QED) is 0.835. The molecule has 0 amide bonds. The van der Waals surface area contributed by atoms with Gasteiger partial charge in [0.25, 0.3) is 0 Å². The van der Waals surface area contributed by atoms with Gasteiger partial charge in [0.15, 0.2) is 0 Å². The molecule has 100 valence electrons. The van der Waals surface area contributed by atoms with Gasteiger partial charge >= 0.3 is 5.97 Å². The number of benzene rings is 1. The molecule has 1 unspecified atom stereocenters. The number of carbonyl (C=O) groups is 1. The van der Waals surface area contributed by atoms with E-state index in [1.54, 1.807) is 7.11 Å². The molecule has 0 bridgehead atoms. The van der Waals surface area contributed by atoms with E-state index in [1.807, 2.05) is 30.1 Å². The van der Waals surface area contributed by atoms with Gasteiger partial charge in [-0.2, -0.15) is 0 Å². The molecule has 5 nitrogen and oxygen atoms in total. The van der Waals surface area contributed by atoms with Crippen molar-refractivity contribution in [2.24, 2.45) is 5.73 Å². The van der Waals surface area contributed by atoms with Crippen LogP contribution in [0, 0.1) is 0 Å². The first kappa shape index (κ1) is 14.8. The number of anilines is 1. The summed E-state index contributed by atoms with van der Waals surface area (Å²) in [4.78, 5) is 12.5. The largest absolute Gasteiger partial charge is 0.495 e. The summed E-state index contributed by atoms with van der Waals surface area (Å²) in [7, 11) is 3.45. The average Bonchev–Trinajstić information content (AvgIpc) is 2.27. The summed E-state index contributed by atoms with van der Waals surface area (Å²) in [5.41, 5.74) is 6.64. The zero-order chi connectivity index (χ0) is 13.7. The number of ether oxygens (including phenoxy) is 1. The summed E-state index contributed by atoms with van der Waals surface area (Å²) in [6.45, 7) is 0.444. The van der Waals surface area contributed by atoms with Crippen molar-refractivity contribution in [2.75, 3.05) is 25.6 Å². The van der Waals surface area contributed by atoms with Crippen LogP contribution in [0.1, 0.15) is 6.42 Å². The third-order valence-electron chi connectivity index (χ3n) is 2.50. The Morgan fingerprint density at radius 2 is 2.28 bits per heavy atom. The van der Waals surface area contributed by atoms with Crippen LogP contribution in [0.4, 0.5) is 5.69 Å². The number of carboxylic acids is 1. The van der Waals surface area contributed by atoms with Crippen molar-refractivity contribution in [3.8, 4) is 5.75 Å². The molecule has 0 aliphatic rings. The number of methoxy groups -OCH3 is 1. The minimum absolute atomic E-state index is 0.0549. The van der Waals surface area contributed by atoms with Crippen LogP contribution in [-0.4, -0.2) is 37.8 Å². The molecule has 1 aromatic rings. The Morgan fingerprint density at radius 3 is 2.83 bits per heavy atom. The Labute approximate surface area is 115 Å². The summed E-state index contributed by atoms with van der Waals surface area (Å²) < 4.78 is 6.19. The first-order valence-corrected chi connectivity index (χ1v) is 6.25. The highest BCUT2D eigenvalue weighted by Crippen LogP contribution is 2.30. The lowest BCUT2D eigenvalue weighted by molar-refractivity contribution is -0.137. The Morgan fingerprint density at radius 1 is 1.61 bits per heavy atom. The van der Waals surface area contributed by atoms with E-state index < -0.39 is 12.0 Å². The molecule has 0 aliphatic heterocycles. The van der Waals surface area contributed by atoms with Crippen LogP contribution in [0.15, 0.2) is 22.7 Å². The second-order valence-corrected chi connectivity index (χ2v) is 4.97. The third kappa shape index (κ3) is 4.19. The predicted molar refractivity (Wildman–Crippen MR) is 74.2 cm³/mol. The summed E-state index contributed by atoms with van der Waals surface area (Å²) in [5.74, 6) is -0.166. The third-order valence-corrected chi connectivity index (χ3v) is 2.99. The van der Waals surface area contributed by atoms with Gasteiger partial charge in [-0.1, -0.05) is 15.9 Å². The lowest BCUT2D eigenvalue weighted by Gasteiger charge is -2.24. The first-order chi connectivity index (χ1) is 8.43. The van der Waals surface area contributed by atoms with Gasteiger partial charge in [-0.25, -0.2) is 0 Å². The Hall–Kier alpha value is -1.27. The van der Waals surface area contributed by atoms with Gasteiger partial charge in [-0.05, 0) is 18.2 Å². The lowest BCUT2D eigenvalue weighted by atomic mass is 10.2. The van der Waals surface area contributed by atoms with Crippen LogP contribution < -0.4 is 15.4 Å². The standard InChI is InChI=1S/C12H17BrN2O3/c1-15(7-9(14)6-12(16)17)10-5-8(13)3-4-11(10)18-2/h3-5,9H,6-7,14H2,1-2H3,(H,16,17). The molecule has 0 spiro atoms. The number of hydrogen-bond donors (Lipinski definition) is 2. The predicted octanol–water partition coefficient (Wildman–Crippen LogP) is 1.70. The topological polar surface area (TPSA) is 75.8 Å². The molecule has 1 aromatic carbocycles. The highest BCUT2D eigenvalue weighted by atomic mass is 79.9. The van der Waals surface area contributed by atoms with Gasteiger partial charge in [0.2, 0.25) is 0 Å². The maximum Gasteiger partial charge on any atom is 0.304 e. The lowest BCUT2D eigenvalue weighted by Crippen LogP contribution is -2.37. The molecule has 3 N–H and O–H groups in total. The second-order valence-electron chi connectivity index (χ2n) is 4.05. The number of rotatable bonds is 6. The molecule has 1 rings (SSSR count). The van der Waals surface area contributed by atoms with Crippen molar-refractivity contribution in [3.05, 3.63) is 22.7 Å². The summed E-state index contributed by atoms with van der Waals surface area (Å²) in [5, 5.41) is 8.68. The van der Waals surface area contributed by atoms with Crippen molar-refractivity contribution >= 4 is 27.6 Å². The molecule has 18 heavy (non-hydrogen) atoms. The van der Waals surface area contributed by atoms with Gasteiger partial charge < -0.3 is 20.5 Å². The van der Waals surface area contributed by atoms with E-state index in [1.165, 1.54) is 0 Å². The Bertz CT molecular complexity index is 426. The van der Waals surface area contributed by atoms with E-state index in [-0.39, 0.29) is 6.42 Å². The van der Waals surface area contributed by atoms with Crippen molar-refractivity contribution in [3.63, 3.8) is 0 Å². The van der Waals surface area contributed by atoms with Crippen molar-refractivity contribution < 1.29 is 14.6 Å². The number of hydrogen-bond acceptors (Lipinski definition) is 4. The molecule has 0 saturated carbocycles. The molecule has 0 fully saturated rings. The monoisotopic (exact) mass is 316 g/mol. The van der Waals surface area contributed by atoms with Gasteiger partial charge in [-0.3, -0.25) is 4.79 Å². The zero-order valence-electron chi connectivity index (χ0n) is 10.4. The number of halogens is 1. The maximum absolute atomic E-state index is 10.6. The molecule has 0 saturated heterocycles. The van der Waals surface area contributed by atoms with Gasteiger partial charge in [-0.15, -0.1) is 0 Å². The summed E-state index contributed by atoms with van der Waals surface area (Å²) in [6, 6.07) is 5.22. The van der Waals surface area contributed by atoms with Crippen LogP contribution in [-0.2, 0) is 4.79 Å². The van der Waals surface area contributed by atoms with E-state index >= 15 is 0 Å². The van der Waals surface area contributed by atoms with Crippen molar-refractivity contribution in [1.29, 1.82) is 0 Å². The normalized spacial score (nSPS) is 12.0. The Balaban J connectivity index is 2.79. The average molecular weight is 317 g/mol. The smallest absolute Gasteiger partial charge is 0.304 e. The zero-order valence-corrected chi connectivity index (χ0v) is 12.0. The fourth-order valence-corrected chi connectivity index (χ4v) is 2.05. The van der Waals surface area contributed by atoms with Crippen LogP contribution >= 0.6 is 15.9 Å². The van der Waals surface area contributed by atoms with Crippen LogP contribution in [0.5, 0.6) is 5.75 Å². The van der Waals surface area contributed by atoms with Crippen LogP contribution in [0.3, 0.4) is 0 Å². The van der Waals surface area contributed by atoms with E-state index in [9.17, 15) is 4.79 Å². The number of aliphatic carboxylic acids is 1. The van der Waals surface area contributed by atoms with E-state index in [0.29, 0.717) is 6.54 Å².